The van der Waals surface area contributed by atoms with Crippen molar-refractivity contribution in [1.29, 1.82) is 0 Å². The fourth-order valence-corrected chi connectivity index (χ4v) is 2.35. The Labute approximate surface area is 90.3 Å². The van der Waals surface area contributed by atoms with Crippen molar-refractivity contribution in [1.82, 2.24) is 4.98 Å². The molecule has 0 amide bonds. The molecule has 1 aromatic carbocycles. The molecule has 4 heteroatoms. The maximum absolute atomic E-state index is 8.43. The molecule has 3 nitrogen and oxygen atoms in total. The van der Waals surface area contributed by atoms with Crippen LogP contribution in [-0.4, -0.2) is 41.1 Å². The number of benzene rings is 1. The van der Waals surface area contributed by atoms with Crippen LogP contribution in [0.5, 0.6) is 0 Å². The van der Waals surface area contributed by atoms with E-state index in [1.54, 1.807) is 0 Å². The summed E-state index contributed by atoms with van der Waals surface area (Å²) in [7, 11) is 0. The third-order valence-electron chi connectivity index (χ3n) is 1.93. The third-order valence-corrected chi connectivity index (χ3v) is 3.33. The van der Waals surface area contributed by atoms with Crippen LogP contribution in [0.25, 0.3) is 10.9 Å². The molecule has 0 radical (unpaired) electrons. The summed E-state index contributed by atoms with van der Waals surface area (Å²) in [5.41, 5.74) is 2.01. The van der Waals surface area contributed by atoms with E-state index >= 15 is 0 Å². The van der Waals surface area contributed by atoms with Crippen LogP contribution in [0.1, 0.15) is 5.56 Å². The molecule has 13 heavy (non-hydrogen) atoms. The number of oxime groups is 1. The Kier molecular flexibility index (Phi) is 2.32. The maximum atomic E-state index is 8.43. The normalized spacial score (nSPS) is 11.5. The Balaban J connectivity index is 2.71. The van der Waals surface area contributed by atoms with Gasteiger partial charge in [-0.25, -0.2) is 0 Å². The molecular formula is C9H9BiN2O. The molecule has 0 bridgehead atoms. The zero-order valence-electron chi connectivity index (χ0n) is 6.86. The van der Waals surface area contributed by atoms with Gasteiger partial charge in [-0.2, -0.15) is 0 Å². The first kappa shape index (κ1) is 8.70. The van der Waals surface area contributed by atoms with Gasteiger partial charge in [-0.1, -0.05) is 0 Å². The molecular weight excluding hydrogens is 361 g/mol. The third kappa shape index (κ3) is 1.59. The first-order valence-electron chi connectivity index (χ1n) is 3.85. The summed E-state index contributed by atoms with van der Waals surface area (Å²) in [6.45, 7) is 0. The summed E-state index contributed by atoms with van der Waals surface area (Å²) in [5.74, 6) is 0. The molecule has 0 aliphatic carbocycles. The van der Waals surface area contributed by atoms with Crippen LogP contribution in [0.2, 0.25) is 0 Å². The van der Waals surface area contributed by atoms with Crippen molar-refractivity contribution < 1.29 is 5.21 Å². The van der Waals surface area contributed by atoms with Gasteiger partial charge in [0.2, 0.25) is 0 Å². The van der Waals surface area contributed by atoms with E-state index in [4.69, 9.17) is 5.21 Å². The second-order valence-corrected chi connectivity index (χ2v) is 5.39. The summed E-state index contributed by atoms with van der Waals surface area (Å²) < 4.78 is 1.36. The number of nitrogens with one attached hydrogen (secondary N) is 1. The molecule has 2 N–H and O–H groups in total. The predicted octanol–water partition coefficient (Wildman–Crippen LogP) is 0.234. The van der Waals surface area contributed by atoms with E-state index < -0.39 is 0 Å². The summed E-state index contributed by atoms with van der Waals surface area (Å²) in [6.07, 6.45) is 3.29. The number of hydrogen-bond acceptors (Lipinski definition) is 2. The fraction of sp³-hybridized carbons (Fsp3) is 0. The van der Waals surface area contributed by atoms with Gasteiger partial charge < -0.3 is 0 Å². The van der Waals surface area contributed by atoms with Crippen LogP contribution in [0.15, 0.2) is 29.6 Å². The van der Waals surface area contributed by atoms with Gasteiger partial charge in [-0.3, -0.25) is 0 Å². The van der Waals surface area contributed by atoms with E-state index in [-0.39, 0.29) is 0 Å². The van der Waals surface area contributed by atoms with Crippen molar-refractivity contribution >= 4 is 45.1 Å². The molecule has 0 aliphatic rings. The van der Waals surface area contributed by atoms with Gasteiger partial charge in [0.05, 0.1) is 0 Å². The summed E-state index contributed by atoms with van der Waals surface area (Å²) in [4.78, 5) is 3.12. The molecule has 0 spiro atoms. The van der Waals surface area contributed by atoms with Gasteiger partial charge in [0.15, 0.2) is 0 Å². The zero-order valence-corrected chi connectivity index (χ0v) is 11.3. The number of fused-ring (bicyclic) bond motifs is 1. The van der Waals surface area contributed by atoms with Gasteiger partial charge in [0.25, 0.3) is 0 Å². The van der Waals surface area contributed by atoms with Crippen molar-refractivity contribution in [3.63, 3.8) is 0 Å². The SMILES string of the molecule is ON=Cc1c[nH]c2cc[c]([BiH2])cc12. The molecule has 0 unspecified atom stereocenters. The molecule has 1 heterocycles. The predicted molar refractivity (Wildman–Crippen MR) is 55.9 cm³/mol. The van der Waals surface area contributed by atoms with Gasteiger partial charge >= 0.3 is 90.4 Å². The van der Waals surface area contributed by atoms with Crippen LogP contribution in [0.3, 0.4) is 0 Å². The van der Waals surface area contributed by atoms with Gasteiger partial charge in [0, 0.05) is 0 Å². The van der Waals surface area contributed by atoms with Crippen molar-refractivity contribution in [3.8, 4) is 0 Å². The molecule has 0 aliphatic heterocycles. The van der Waals surface area contributed by atoms with Gasteiger partial charge in [-0.15, -0.1) is 0 Å². The topological polar surface area (TPSA) is 48.4 Å². The molecule has 2 rings (SSSR count). The fourth-order valence-electron chi connectivity index (χ4n) is 1.33. The van der Waals surface area contributed by atoms with Crippen molar-refractivity contribution in [2.45, 2.75) is 0 Å². The Hall–Kier alpha value is -0.887. The number of nitrogens with zero attached hydrogens (tertiary/aromatic N) is 1. The Bertz CT molecular complexity index is 462. The monoisotopic (exact) mass is 370 g/mol. The Morgan fingerprint density at radius 1 is 1.46 bits per heavy atom. The van der Waals surface area contributed by atoms with Crippen LogP contribution in [0.4, 0.5) is 0 Å². The van der Waals surface area contributed by atoms with E-state index in [0.29, 0.717) is 0 Å². The molecule has 0 saturated carbocycles. The van der Waals surface area contributed by atoms with Gasteiger partial charge in [0.1, 0.15) is 0 Å². The Morgan fingerprint density at radius 3 is 3.08 bits per heavy atom. The summed E-state index contributed by atoms with van der Waals surface area (Å²) >= 11 is 0.836. The van der Waals surface area contributed by atoms with Crippen molar-refractivity contribution in [2.75, 3.05) is 0 Å². The first-order valence-corrected chi connectivity index (χ1v) is 6.10. The summed E-state index contributed by atoms with van der Waals surface area (Å²) in [6, 6.07) is 6.30. The van der Waals surface area contributed by atoms with E-state index in [9.17, 15) is 0 Å². The first-order chi connectivity index (χ1) is 6.31. The number of aromatic amines is 1. The second kappa shape index (κ2) is 3.46. The average molecular weight is 370 g/mol. The Morgan fingerprint density at radius 2 is 2.31 bits per heavy atom. The number of rotatable bonds is 1. The molecule has 1 aromatic heterocycles. The van der Waals surface area contributed by atoms with Crippen LogP contribution < -0.4 is 3.27 Å². The number of H-pyrrole nitrogens is 1. The number of hydrogen-bond donors (Lipinski definition) is 2. The minimum atomic E-state index is 0.836. The van der Waals surface area contributed by atoms with Gasteiger partial charge in [-0.05, 0) is 0 Å². The minimum absolute atomic E-state index is 0.836. The molecule has 0 atom stereocenters. The van der Waals surface area contributed by atoms with E-state index in [0.717, 1.165) is 41.2 Å². The standard InChI is InChI=1S/C9H7N2O.Bi.2H/c12-11-6-7-5-10-9-4-2-1-3-8(7)9;;;/h2-6,10,12H;;;. The van der Waals surface area contributed by atoms with Crippen LogP contribution >= 0.6 is 0 Å². The van der Waals surface area contributed by atoms with Crippen LogP contribution in [0, 0.1) is 0 Å². The molecule has 66 valence electrons. The van der Waals surface area contributed by atoms with E-state index in [2.05, 4.69) is 28.3 Å². The average Bonchev–Trinajstić information content (AvgIpc) is 2.49. The molecule has 0 saturated heterocycles. The summed E-state index contributed by atoms with van der Waals surface area (Å²) in [5, 5.41) is 12.6. The zero-order chi connectivity index (χ0) is 9.26. The quantitative estimate of drug-likeness (QED) is 0.321. The van der Waals surface area contributed by atoms with Crippen molar-refractivity contribution in [2.24, 2.45) is 5.16 Å². The molecule has 0 fully saturated rings. The van der Waals surface area contributed by atoms with E-state index in [1.165, 1.54) is 9.49 Å². The van der Waals surface area contributed by atoms with Crippen molar-refractivity contribution in [3.05, 3.63) is 30.0 Å². The van der Waals surface area contributed by atoms with E-state index in [1.807, 2.05) is 6.20 Å². The second-order valence-electron chi connectivity index (χ2n) is 2.79. The number of aromatic nitrogens is 1. The van der Waals surface area contributed by atoms with Crippen LogP contribution in [-0.2, 0) is 0 Å². The molecule has 2 aromatic rings.